The Labute approximate surface area is 169 Å². The van der Waals surface area contributed by atoms with Crippen molar-refractivity contribution in [1.82, 2.24) is 9.78 Å². The largest absolute Gasteiger partial charge is 0.477 e. The Morgan fingerprint density at radius 3 is 2.66 bits per heavy atom. The van der Waals surface area contributed by atoms with Gasteiger partial charge in [0.15, 0.2) is 0 Å². The molecule has 146 valence electrons. The average molecular weight is 413 g/mol. The van der Waals surface area contributed by atoms with E-state index in [1.165, 1.54) is 35.2 Å². The van der Waals surface area contributed by atoms with Gasteiger partial charge in [-0.2, -0.15) is 5.10 Å². The third-order valence-corrected chi connectivity index (χ3v) is 4.66. The van der Waals surface area contributed by atoms with Gasteiger partial charge in [0.2, 0.25) is 0 Å². The van der Waals surface area contributed by atoms with Gasteiger partial charge in [-0.05, 0) is 42.0 Å². The fourth-order valence-electron chi connectivity index (χ4n) is 3.05. The predicted octanol–water partition coefficient (Wildman–Crippen LogP) is 3.91. The van der Waals surface area contributed by atoms with Gasteiger partial charge in [-0.15, -0.1) is 0 Å². The minimum absolute atomic E-state index is 0.0854. The molecule has 1 aliphatic rings. The highest BCUT2D eigenvalue weighted by atomic mass is 35.5. The van der Waals surface area contributed by atoms with Crippen LogP contribution in [0.5, 0.6) is 0 Å². The lowest BCUT2D eigenvalue weighted by Crippen LogP contribution is -2.25. The van der Waals surface area contributed by atoms with E-state index in [-0.39, 0.29) is 22.8 Å². The highest BCUT2D eigenvalue weighted by Gasteiger charge is 2.29. The van der Waals surface area contributed by atoms with Crippen molar-refractivity contribution in [2.75, 3.05) is 10.6 Å². The zero-order valence-corrected chi connectivity index (χ0v) is 15.5. The van der Waals surface area contributed by atoms with E-state index in [4.69, 9.17) is 11.6 Å². The highest BCUT2D eigenvalue weighted by molar-refractivity contribution is 6.30. The molecule has 0 spiro atoms. The number of nitrogens with one attached hydrogen (secondary N) is 2. The second-order valence-electron chi connectivity index (χ2n) is 6.32. The van der Waals surface area contributed by atoms with Crippen LogP contribution in [0.3, 0.4) is 0 Å². The topological polar surface area (TPSA) is 96.2 Å². The number of halogens is 2. The van der Waals surface area contributed by atoms with E-state index in [0.29, 0.717) is 5.02 Å². The molecule has 0 aliphatic carbocycles. The first-order valence-electron chi connectivity index (χ1n) is 8.54. The molecule has 1 atom stereocenters. The van der Waals surface area contributed by atoms with Gasteiger partial charge in [-0.25, -0.2) is 13.9 Å². The quantitative estimate of drug-likeness (QED) is 0.603. The summed E-state index contributed by atoms with van der Waals surface area (Å²) >= 11 is 5.94. The maximum Gasteiger partial charge on any atom is 0.352 e. The average Bonchev–Trinajstić information content (AvgIpc) is 3.12. The molecule has 3 N–H and O–H groups in total. The van der Waals surface area contributed by atoms with Crippen molar-refractivity contribution in [3.05, 3.63) is 88.5 Å². The van der Waals surface area contributed by atoms with Gasteiger partial charge in [0.05, 0.1) is 12.2 Å². The number of carbonyl (C=O) groups is 2. The summed E-state index contributed by atoms with van der Waals surface area (Å²) in [4.78, 5) is 24.3. The van der Waals surface area contributed by atoms with E-state index in [1.54, 1.807) is 30.3 Å². The predicted molar refractivity (Wildman–Crippen MR) is 106 cm³/mol. The van der Waals surface area contributed by atoms with Crippen LogP contribution in [-0.4, -0.2) is 26.8 Å². The van der Waals surface area contributed by atoms with Crippen molar-refractivity contribution in [2.24, 2.45) is 0 Å². The molecule has 0 saturated carbocycles. The Morgan fingerprint density at radius 2 is 1.97 bits per heavy atom. The number of aromatic nitrogens is 2. The molecule has 0 radical (unpaired) electrons. The summed E-state index contributed by atoms with van der Waals surface area (Å²) in [7, 11) is 0. The van der Waals surface area contributed by atoms with E-state index in [9.17, 15) is 19.1 Å². The first-order valence-corrected chi connectivity index (χ1v) is 8.92. The maximum atomic E-state index is 13.4. The molecule has 9 heteroatoms. The van der Waals surface area contributed by atoms with Crippen LogP contribution in [0.15, 0.2) is 66.5 Å². The van der Waals surface area contributed by atoms with Crippen LogP contribution in [-0.2, 0) is 4.79 Å². The van der Waals surface area contributed by atoms with Crippen LogP contribution < -0.4 is 10.6 Å². The number of carbonyl (C=O) groups excluding carboxylic acids is 1. The highest BCUT2D eigenvalue weighted by Crippen LogP contribution is 2.33. The molecule has 4 rings (SSSR count). The molecule has 0 saturated heterocycles. The van der Waals surface area contributed by atoms with E-state index >= 15 is 0 Å². The summed E-state index contributed by atoms with van der Waals surface area (Å²) < 4.78 is 14.9. The van der Waals surface area contributed by atoms with Crippen molar-refractivity contribution in [3.8, 4) is 0 Å². The molecule has 2 heterocycles. The summed E-state index contributed by atoms with van der Waals surface area (Å²) in [6, 6.07) is 11.8. The van der Waals surface area contributed by atoms with Crippen molar-refractivity contribution in [3.63, 3.8) is 0 Å². The summed E-state index contributed by atoms with van der Waals surface area (Å²) in [6.45, 7) is 0. The van der Waals surface area contributed by atoms with Gasteiger partial charge < -0.3 is 15.7 Å². The molecule has 1 aliphatic heterocycles. The Bertz CT molecular complexity index is 1140. The molecule has 0 bridgehead atoms. The number of rotatable bonds is 4. The summed E-state index contributed by atoms with van der Waals surface area (Å²) in [5, 5.41) is 19.6. The lowest BCUT2D eigenvalue weighted by atomic mass is 10.0. The summed E-state index contributed by atoms with van der Waals surface area (Å²) in [5.74, 6) is -1.99. The first kappa shape index (κ1) is 18.7. The van der Waals surface area contributed by atoms with Gasteiger partial charge in [0.25, 0.3) is 5.91 Å². The molecular formula is C20H14ClFN4O3. The standard InChI is InChI=1S/C20H14ClFN4O3/c21-12-6-4-11(5-7-12)17-9-16(20(28)29)25-18-15(10-23-26(17)18)19(27)24-14-3-1-2-13(22)8-14/h1-10,17,25H,(H,24,27)(H,28,29)/t17-/m0/s1. The maximum absolute atomic E-state index is 13.4. The summed E-state index contributed by atoms with van der Waals surface area (Å²) in [6.07, 6.45) is 2.83. The molecule has 2 aromatic carbocycles. The normalized spacial score (nSPS) is 15.1. The van der Waals surface area contributed by atoms with Crippen LogP contribution >= 0.6 is 11.6 Å². The van der Waals surface area contributed by atoms with Gasteiger partial charge in [0, 0.05) is 10.7 Å². The number of hydrogen-bond donors (Lipinski definition) is 3. The SMILES string of the molecule is O=C(O)C1=C[C@@H](c2ccc(Cl)cc2)n2ncc(C(=O)Nc3cccc(F)c3)c2N1. The molecular weight excluding hydrogens is 399 g/mol. The van der Waals surface area contributed by atoms with E-state index < -0.39 is 23.7 Å². The lowest BCUT2D eigenvalue weighted by molar-refractivity contribution is -0.132. The smallest absolute Gasteiger partial charge is 0.352 e. The number of amides is 1. The number of fused-ring (bicyclic) bond motifs is 1. The minimum atomic E-state index is -1.17. The Balaban J connectivity index is 1.72. The number of aliphatic carboxylic acids is 1. The number of hydrogen-bond acceptors (Lipinski definition) is 4. The number of benzene rings is 2. The van der Waals surface area contributed by atoms with Gasteiger partial charge in [-0.3, -0.25) is 4.79 Å². The minimum Gasteiger partial charge on any atom is -0.477 e. The molecule has 3 aromatic rings. The fourth-order valence-corrected chi connectivity index (χ4v) is 3.17. The number of nitrogens with zero attached hydrogens (tertiary/aromatic N) is 2. The Morgan fingerprint density at radius 1 is 1.21 bits per heavy atom. The molecule has 0 unspecified atom stereocenters. The number of carboxylic acid groups (broad SMARTS) is 1. The van der Waals surface area contributed by atoms with E-state index in [1.807, 2.05) is 0 Å². The zero-order chi connectivity index (χ0) is 20.5. The van der Waals surface area contributed by atoms with Gasteiger partial charge in [0.1, 0.15) is 22.9 Å². The monoisotopic (exact) mass is 412 g/mol. The lowest BCUT2D eigenvalue weighted by Gasteiger charge is -2.24. The fraction of sp³-hybridized carbons (Fsp3) is 0.0500. The van der Waals surface area contributed by atoms with Crippen molar-refractivity contribution in [1.29, 1.82) is 0 Å². The van der Waals surface area contributed by atoms with Gasteiger partial charge in [-0.1, -0.05) is 29.8 Å². The Kier molecular flexibility index (Phi) is 4.77. The molecule has 0 fully saturated rings. The third kappa shape index (κ3) is 3.70. The molecule has 29 heavy (non-hydrogen) atoms. The van der Waals surface area contributed by atoms with E-state index in [0.717, 1.165) is 5.56 Å². The second-order valence-corrected chi connectivity index (χ2v) is 6.76. The van der Waals surface area contributed by atoms with Crippen molar-refractivity contribution in [2.45, 2.75) is 6.04 Å². The number of allylic oxidation sites excluding steroid dienone is 1. The van der Waals surface area contributed by atoms with Crippen LogP contribution in [0.2, 0.25) is 5.02 Å². The number of carboxylic acids is 1. The van der Waals surface area contributed by atoms with Crippen molar-refractivity contribution >= 4 is 35.0 Å². The second kappa shape index (κ2) is 7.40. The number of anilines is 2. The van der Waals surface area contributed by atoms with E-state index in [2.05, 4.69) is 15.7 Å². The van der Waals surface area contributed by atoms with Gasteiger partial charge >= 0.3 is 5.97 Å². The first-order chi connectivity index (χ1) is 13.9. The zero-order valence-electron chi connectivity index (χ0n) is 14.8. The third-order valence-electron chi connectivity index (χ3n) is 4.41. The Hall–Kier alpha value is -3.65. The van der Waals surface area contributed by atoms with Crippen LogP contribution in [0.25, 0.3) is 0 Å². The van der Waals surface area contributed by atoms with Crippen molar-refractivity contribution < 1.29 is 19.1 Å². The van der Waals surface area contributed by atoms with Crippen LogP contribution in [0, 0.1) is 5.82 Å². The van der Waals surface area contributed by atoms with Crippen LogP contribution in [0.4, 0.5) is 15.9 Å². The molecule has 1 amide bonds. The van der Waals surface area contributed by atoms with Crippen LogP contribution in [0.1, 0.15) is 22.0 Å². The molecule has 1 aromatic heterocycles. The molecule has 7 nitrogen and oxygen atoms in total. The summed E-state index contributed by atoms with van der Waals surface area (Å²) in [5.41, 5.74) is 1.06.